The zero-order valence-electron chi connectivity index (χ0n) is 15.8. The lowest BCUT2D eigenvalue weighted by molar-refractivity contribution is -0.119. The van der Waals surface area contributed by atoms with Gasteiger partial charge in [-0.15, -0.1) is 0 Å². The fourth-order valence-corrected chi connectivity index (χ4v) is 6.29. The smallest absolute Gasteiger partial charge is 0.265 e. The Balaban J connectivity index is 2.10. The van der Waals surface area contributed by atoms with Crippen molar-refractivity contribution in [2.75, 3.05) is 21.9 Å². The molecule has 1 saturated heterocycles. The maximum absolute atomic E-state index is 13.0. The Kier molecular flexibility index (Phi) is 5.54. The number of anilines is 2. The van der Waals surface area contributed by atoms with Gasteiger partial charge in [-0.05, 0) is 42.8 Å². The van der Waals surface area contributed by atoms with Gasteiger partial charge in [0, 0.05) is 5.02 Å². The Labute approximate surface area is 174 Å². The van der Waals surface area contributed by atoms with Gasteiger partial charge in [0.05, 0.1) is 30.2 Å². The first kappa shape index (κ1) is 21.4. The molecule has 1 N–H and O–H groups in total. The zero-order valence-corrected chi connectivity index (χ0v) is 18.2. The number of hydrogen-bond acceptors (Lipinski definition) is 6. The number of halogens is 1. The van der Waals surface area contributed by atoms with Gasteiger partial charge in [0.25, 0.3) is 10.0 Å². The van der Waals surface area contributed by atoms with Gasteiger partial charge >= 0.3 is 0 Å². The Morgan fingerprint density at radius 3 is 2.48 bits per heavy atom. The second kappa shape index (κ2) is 7.51. The molecule has 2 aromatic carbocycles. The van der Waals surface area contributed by atoms with E-state index in [-0.39, 0.29) is 27.8 Å². The van der Waals surface area contributed by atoms with E-state index in [1.54, 1.807) is 19.1 Å². The third-order valence-corrected chi connectivity index (χ3v) is 7.97. The van der Waals surface area contributed by atoms with E-state index < -0.39 is 31.9 Å². The Bertz CT molecular complexity index is 1190. The van der Waals surface area contributed by atoms with E-state index in [1.165, 1.54) is 32.2 Å². The molecule has 0 saturated carbocycles. The van der Waals surface area contributed by atoms with Crippen LogP contribution in [0.1, 0.15) is 12.5 Å². The van der Waals surface area contributed by atoms with E-state index in [0.717, 1.165) is 6.07 Å². The maximum Gasteiger partial charge on any atom is 0.265 e. The van der Waals surface area contributed by atoms with Gasteiger partial charge in [0.2, 0.25) is 15.9 Å². The van der Waals surface area contributed by atoms with Crippen LogP contribution in [-0.4, -0.2) is 35.6 Å². The van der Waals surface area contributed by atoms with Crippen LogP contribution in [0.5, 0.6) is 5.75 Å². The van der Waals surface area contributed by atoms with Crippen LogP contribution in [0.15, 0.2) is 41.3 Å². The molecule has 11 heteroatoms. The third-order valence-electron chi connectivity index (χ3n) is 4.48. The standard InChI is InChI=1S/C18H19ClN2O6S2/c1-11-4-5-13(19)8-15(11)20-29(25,26)17-9-14(6-7-16(17)27-3)21-18(22)12(2)10-28(21,23)24/h4-9,12,20H,10H2,1-3H3. The maximum atomic E-state index is 13.0. The number of carbonyl (C=O) groups excluding carboxylic acids is 1. The number of nitrogens with zero attached hydrogens (tertiary/aromatic N) is 1. The molecule has 0 bridgehead atoms. The van der Waals surface area contributed by atoms with E-state index in [2.05, 4.69) is 4.72 Å². The molecule has 1 heterocycles. The van der Waals surface area contributed by atoms with E-state index in [1.807, 2.05) is 0 Å². The molecule has 1 atom stereocenters. The van der Waals surface area contributed by atoms with Gasteiger partial charge in [0.15, 0.2) is 0 Å². The van der Waals surface area contributed by atoms with Gasteiger partial charge in [-0.25, -0.2) is 21.1 Å². The van der Waals surface area contributed by atoms with Crippen molar-refractivity contribution in [3.05, 3.63) is 47.0 Å². The molecule has 0 radical (unpaired) electrons. The summed E-state index contributed by atoms with van der Waals surface area (Å²) in [6.07, 6.45) is 0. The highest BCUT2D eigenvalue weighted by Gasteiger charge is 2.42. The number of methoxy groups -OCH3 is 1. The quantitative estimate of drug-likeness (QED) is 0.737. The van der Waals surface area contributed by atoms with Crippen LogP contribution < -0.4 is 13.8 Å². The van der Waals surface area contributed by atoms with Crippen LogP contribution in [0.2, 0.25) is 5.02 Å². The SMILES string of the molecule is COc1ccc(N2C(=O)C(C)CS2(=O)=O)cc1S(=O)(=O)Nc1cc(Cl)ccc1C. The lowest BCUT2D eigenvalue weighted by atomic mass is 10.2. The second-order valence-corrected chi connectivity index (χ2v) is 10.6. The first-order valence-electron chi connectivity index (χ1n) is 8.50. The summed E-state index contributed by atoms with van der Waals surface area (Å²) in [5.74, 6) is -1.66. The number of carbonyl (C=O) groups is 1. The summed E-state index contributed by atoms with van der Waals surface area (Å²) >= 11 is 5.95. The van der Waals surface area contributed by atoms with Gasteiger partial charge in [-0.3, -0.25) is 9.52 Å². The van der Waals surface area contributed by atoms with Crippen LogP contribution in [-0.2, 0) is 24.8 Å². The van der Waals surface area contributed by atoms with Crippen LogP contribution in [0.25, 0.3) is 0 Å². The molecular formula is C18H19ClN2O6S2. The second-order valence-electron chi connectivity index (χ2n) is 6.68. The summed E-state index contributed by atoms with van der Waals surface area (Å²) in [6, 6.07) is 8.48. The van der Waals surface area contributed by atoms with Crippen molar-refractivity contribution in [1.29, 1.82) is 0 Å². The largest absolute Gasteiger partial charge is 0.495 e. The number of aryl methyl sites for hydroxylation is 1. The summed E-state index contributed by atoms with van der Waals surface area (Å²) in [5, 5.41) is 0.344. The first-order chi connectivity index (χ1) is 13.5. The van der Waals surface area contributed by atoms with Crippen molar-refractivity contribution in [1.82, 2.24) is 0 Å². The van der Waals surface area contributed by atoms with Gasteiger partial charge in [-0.2, -0.15) is 0 Å². The van der Waals surface area contributed by atoms with E-state index in [4.69, 9.17) is 16.3 Å². The minimum atomic E-state index is -4.18. The number of nitrogens with one attached hydrogen (secondary N) is 1. The molecule has 1 aliphatic heterocycles. The highest BCUT2D eigenvalue weighted by atomic mass is 35.5. The lowest BCUT2D eigenvalue weighted by Crippen LogP contribution is -2.30. The highest BCUT2D eigenvalue weighted by molar-refractivity contribution is 7.94. The van der Waals surface area contributed by atoms with Crippen molar-refractivity contribution in [3.63, 3.8) is 0 Å². The van der Waals surface area contributed by atoms with Crippen molar-refractivity contribution >= 4 is 48.9 Å². The van der Waals surface area contributed by atoms with Crippen LogP contribution in [0, 0.1) is 12.8 Å². The molecule has 1 unspecified atom stereocenters. The van der Waals surface area contributed by atoms with E-state index >= 15 is 0 Å². The predicted octanol–water partition coefficient (Wildman–Crippen LogP) is 2.77. The number of hydrogen-bond donors (Lipinski definition) is 1. The van der Waals surface area contributed by atoms with Crippen LogP contribution >= 0.6 is 11.6 Å². The Morgan fingerprint density at radius 1 is 1.21 bits per heavy atom. The van der Waals surface area contributed by atoms with Crippen molar-refractivity contribution in [3.8, 4) is 5.75 Å². The molecule has 1 aliphatic rings. The fraction of sp³-hybridized carbons (Fsp3) is 0.278. The van der Waals surface area contributed by atoms with Crippen LogP contribution in [0.4, 0.5) is 11.4 Å². The fourth-order valence-electron chi connectivity index (χ4n) is 2.99. The van der Waals surface area contributed by atoms with Gasteiger partial charge in [0.1, 0.15) is 10.6 Å². The minimum Gasteiger partial charge on any atom is -0.495 e. The summed E-state index contributed by atoms with van der Waals surface area (Å²) in [4.78, 5) is 12.0. The molecule has 0 aromatic heterocycles. The normalized spacial score (nSPS) is 18.7. The van der Waals surface area contributed by atoms with E-state index in [0.29, 0.717) is 14.9 Å². The monoisotopic (exact) mass is 458 g/mol. The topological polar surface area (TPSA) is 110 Å². The van der Waals surface area contributed by atoms with Crippen molar-refractivity contribution in [2.24, 2.45) is 5.92 Å². The average molecular weight is 459 g/mol. The molecular weight excluding hydrogens is 440 g/mol. The zero-order chi connectivity index (χ0) is 21.6. The number of benzene rings is 2. The Morgan fingerprint density at radius 2 is 1.90 bits per heavy atom. The molecule has 1 amide bonds. The van der Waals surface area contributed by atoms with Crippen LogP contribution in [0.3, 0.4) is 0 Å². The average Bonchev–Trinajstić information content (AvgIpc) is 2.84. The summed E-state index contributed by atoms with van der Waals surface area (Å²) in [5.41, 5.74) is 0.839. The molecule has 0 spiro atoms. The molecule has 3 rings (SSSR count). The molecule has 156 valence electrons. The minimum absolute atomic E-state index is 0.00183. The van der Waals surface area contributed by atoms with Gasteiger partial charge < -0.3 is 4.74 Å². The molecule has 8 nitrogen and oxygen atoms in total. The summed E-state index contributed by atoms with van der Waals surface area (Å²) in [7, 11) is -6.77. The third kappa shape index (κ3) is 4.05. The molecule has 29 heavy (non-hydrogen) atoms. The van der Waals surface area contributed by atoms with Gasteiger partial charge in [-0.1, -0.05) is 24.6 Å². The Hall–Kier alpha value is -2.30. The van der Waals surface area contributed by atoms with Crippen molar-refractivity contribution in [2.45, 2.75) is 18.7 Å². The first-order valence-corrected chi connectivity index (χ1v) is 12.0. The predicted molar refractivity (Wildman–Crippen MR) is 110 cm³/mol. The number of rotatable bonds is 5. The molecule has 0 aliphatic carbocycles. The van der Waals surface area contributed by atoms with Crippen molar-refractivity contribution < 1.29 is 26.4 Å². The highest BCUT2D eigenvalue weighted by Crippen LogP contribution is 2.35. The molecule has 2 aromatic rings. The number of amides is 1. The molecule has 1 fully saturated rings. The summed E-state index contributed by atoms with van der Waals surface area (Å²) < 4.78 is 59.0. The number of ether oxygens (including phenoxy) is 1. The van der Waals surface area contributed by atoms with E-state index in [9.17, 15) is 21.6 Å². The number of sulfonamides is 2. The lowest BCUT2D eigenvalue weighted by Gasteiger charge is -2.18. The summed E-state index contributed by atoms with van der Waals surface area (Å²) in [6.45, 7) is 3.21.